The molecule has 1 aliphatic rings. The van der Waals surface area contributed by atoms with E-state index >= 15 is 0 Å². The third-order valence-corrected chi connectivity index (χ3v) is 5.09. The molecule has 2 heterocycles. The molecule has 0 atom stereocenters. The van der Waals surface area contributed by atoms with Crippen LogP contribution in [-0.2, 0) is 19.1 Å². The summed E-state index contributed by atoms with van der Waals surface area (Å²) in [5, 5.41) is 1.88. The molecule has 1 aromatic carbocycles. The van der Waals surface area contributed by atoms with Crippen LogP contribution in [0.1, 0.15) is 24.6 Å². The number of carbonyl (C=O) groups excluding carboxylic acids is 2. The maximum Gasteiger partial charge on any atom is 0.336 e. The zero-order chi connectivity index (χ0) is 20.1. The Bertz CT molecular complexity index is 867. The van der Waals surface area contributed by atoms with Gasteiger partial charge in [0.05, 0.1) is 30.3 Å². The molecular formula is C21H20FNO4S. The number of anilines is 1. The molecule has 0 unspecified atom stereocenters. The van der Waals surface area contributed by atoms with E-state index < -0.39 is 17.9 Å². The number of hydrogen-bond donors (Lipinski definition) is 0. The van der Waals surface area contributed by atoms with Crippen molar-refractivity contribution < 1.29 is 23.5 Å². The summed E-state index contributed by atoms with van der Waals surface area (Å²) in [5.74, 6) is -1.98. The average Bonchev–Trinajstić information content (AvgIpc) is 3.22. The van der Waals surface area contributed by atoms with Crippen molar-refractivity contribution in [3.63, 3.8) is 0 Å². The minimum Gasteiger partial charge on any atom is -0.463 e. The smallest absolute Gasteiger partial charge is 0.336 e. The lowest BCUT2D eigenvalue weighted by atomic mass is 9.87. The molecule has 0 bridgehead atoms. The lowest BCUT2D eigenvalue weighted by Crippen LogP contribution is -2.29. The van der Waals surface area contributed by atoms with Gasteiger partial charge in [0.2, 0.25) is 0 Å². The lowest BCUT2D eigenvalue weighted by Gasteiger charge is -2.29. The second-order valence-corrected chi connectivity index (χ2v) is 6.92. The van der Waals surface area contributed by atoms with Gasteiger partial charge in [-0.1, -0.05) is 6.07 Å². The molecule has 1 aliphatic heterocycles. The summed E-state index contributed by atoms with van der Waals surface area (Å²) in [5.41, 5.74) is 1.24. The Balaban J connectivity index is 2.12. The minimum atomic E-state index is -0.588. The molecular weight excluding hydrogens is 381 g/mol. The SMILES string of the molecule is CCOC(=O)C1=CN(c2ccc(F)cc2)C=C(C(=O)OCC)C1c1cccs1. The first-order valence-corrected chi connectivity index (χ1v) is 9.78. The van der Waals surface area contributed by atoms with Crippen LogP contribution in [0.2, 0.25) is 0 Å². The summed E-state index contributed by atoms with van der Waals surface area (Å²) in [7, 11) is 0. The van der Waals surface area contributed by atoms with Gasteiger partial charge in [-0.05, 0) is 49.6 Å². The van der Waals surface area contributed by atoms with E-state index in [4.69, 9.17) is 9.47 Å². The maximum absolute atomic E-state index is 13.3. The summed E-state index contributed by atoms with van der Waals surface area (Å²) in [6.07, 6.45) is 3.25. The quantitative estimate of drug-likeness (QED) is 0.672. The topological polar surface area (TPSA) is 55.8 Å². The van der Waals surface area contributed by atoms with Crippen LogP contribution >= 0.6 is 11.3 Å². The first kappa shape index (κ1) is 19.8. The van der Waals surface area contributed by atoms with E-state index in [1.165, 1.54) is 23.5 Å². The van der Waals surface area contributed by atoms with Gasteiger partial charge in [-0.25, -0.2) is 14.0 Å². The van der Waals surface area contributed by atoms with Crippen LogP contribution in [0, 0.1) is 5.82 Å². The Kier molecular flexibility index (Phi) is 6.26. The third kappa shape index (κ3) is 4.14. The number of nitrogens with zero attached hydrogens (tertiary/aromatic N) is 1. The van der Waals surface area contributed by atoms with Crippen molar-refractivity contribution in [2.75, 3.05) is 18.1 Å². The molecule has 0 radical (unpaired) electrons. The monoisotopic (exact) mass is 401 g/mol. The van der Waals surface area contributed by atoms with Gasteiger partial charge >= 0.3 is 11.9 Å². The number of rotatable bonds is 6. The fourth-order valence-electron chi connectivity index (χ4n) is 2.95. The summed E-state index contributed by atoms with van der Waals surface area (Å²) in [6.45, 7) is 3.87. The van der Waals surface area contributed by atoms with Gasteiger partial charge < -0.3 is 14.4 Å². The van der Waals surface area contributed by atoms with Gasteiger partial charge in [0.15, 0.2) is 0 Å². The van der Waals surface area contributed by atoms with Crippen molar-refractivity contribution in [3.8, 4) is 0 Å². The largest absolute Gasteiger partial charge is 0.463 e. The van der Waals surface area contributed by atoms with E-state index in [0.717, 1.165) is 4.88 Å². The van der Waals surface area contributed by atoms with E-state index in [1.807, 2.05) is 17.5 Å². The predicted octanol–water partition coefficient (Wildman–Crippen LogP) is 4.39. The molecule has 3 rings (SSSR count). The third-order valence-electron chi connectivity index (χ3n) is 4.15. The molecule has 0 saturated carbocycles. The van der Waals surface area contributed by atoms with Crippen molar-refractivity contribution in [2.45, 2.75) is 19.8 Å². The molecule has 146 valence electrons. The highest BCUT2D eigenvalue weighted by atomic mass is 32.1. The molecule has 5 nitrogen and oxygen atoms in total. The Morgan fingerprint density at radius 2 is 1.57 bits per heavy atom. The molecule has 28 heavy (non-hydrogen) atoms. The number of ether oxygens (including phenoxy) is 2. The normalized spacial score (nSPS) is 14.3. The van der Waals surface area contributed by atoms with Crippen molar-refractivity contribution in [1.82, 2.24) is 0 Å². The standard InChI is InChI=1S/C21H20FNO4S/c1-3-26-20(24)16-12-23(15-9-7-14(22)8-10-15)13-17(21(25)27-4-2)19(16)18-6-5-11-28-18/h5-13,19H,3-4H2,1-2H3. The second kappa shape index (κ2) is 8.84. The highest BCUT2D eigenvalue weighted by Crippen LogP contribution is 2.40. The Hall–Kier alpha value is -2.93. The van der Waals surface area contributed by atoms with Crippen LogP contribution in [-0.4, -0.2) is 25.2 Å². The molecule has 2 aromatic rings. The van der Waals surface area contributed by atoms with E-state index in [9.17, 15) is 14.0 Å². The fraction of sp³-hybridized carbons (Fsp3) is 0.238. The van der Waals surface area contributed by atoms with E-state index in [2.05, 4.69) is 0 Å². The maximum atomic E-state index is 13.3. The van der Waals surface area contributed by atoms with Crippen LogP contribution < -0.4 is 4.90 Å². The molecule has 1 aromatic heterocycles. The van der Waals surface area contributed by atoms with Crippen molar-refractivity contribution >= 4 is 29.0 Å². The van der Waals surface area contributed by atoms with E-state index in [-0.39, 0.29) is 19.0 Å². The highest BCUT2D eigenvalue weighted by molar-refractivity contribution is 7.10. The van der Waals surface area contributed by atoms with Crippen LogP contribution in [0.25, 0.3) is 0 Å². The lowest BCUT2D eigenvalue weighted by molar-refractivity contribution is -0.139. The number of benzene rings is 1. The van der Waals surface area contributed by atoms with E-state index in [1.54, 1.807) is 43.3 Å². The Morgan fingerprint density at radius 1 is 1.00 bits per heavy atom. The number of thiophene rings is 1. The van der Waals surface area contributed by atoms with Gasteiger partial charge in [-0.2, -0.15) is 0 Å². The van der Waals surface area contributed by atoms with Crippen LogP contribution in [0.3, 0.4) is 0 Å². The fourth-order valence-corrected chi connectivity index (χ4v) is 3.81. The predicted molar refractivity (Wildman–Crippen MR) is 105 cm³/mol. The van der Waals surface area contributed by atoms with Crippen LogP contribution in [0.4, 0.5) is 10.1 Å². The van der Waals surface area contributed by atoms with Gasteiger partial charge in [0, 0.05) is 23.0 Å². The van der Waals surface area contributed by atoms with Crippen LogP contribution in [0.15, 0.2) is 65.3 Å². The van der Waals surface area contributed by atoms with Crippen molar-refractivity contribution in [2.24, 2.45) is 0 Å². The summed E-state index contributed by atoms with van der Waals surface area (Å²) < 4.78 is 23.8. The zero-order valence-corrected chi connectivity index (χ0v) is 16.4. The second-order valence-electron chi connectivity index (χ2n) is 5.94. The zero-order valence-electron chi connectivity index (χ0n) is 15.6. The van der Waals surface area contributed by atoms with Gasteiger partial charge in [0.25, 0.3) is 0 Å². The molecule has 0 spiro atoms. The summed E-state index contributed by atoms with van der Waals surface area (Å²) in [4.78, 5) is 27.9. The summed E-state index contributed by atoms with van der Waals surface area (Å²) >= 11 is 1.44. The molecule has 0 N–H and O–H groups in total. The first-order valence-electron chi connectivity index (χ1n) is 8.90. The van der Waals surface area contributed by atoms with Gasteiger partial charge in [-0.15, -0.1) is 11.3 Å². The van der Waals surface area contributed by atoms with Gasteiger partial charge in [0.1, 0.15) is 5.82 Å². The number of halogens is 1. The van der Waals surface area contributed by atoms with Gasteiger partial charge in [-0.3, -0.25) is 0 Å². The molecule has 0 saturated heterocycles. The Labute approximate surface area is 166 Å². The number of esters is 2. The number of carbonyl (C=O) groups is 2. The molecule has 0 fully saturated rings. The molecule has 7 heteroatoms. The van der Waals surface area contributed by atoms with Crippen molar-refractivity contribution in [1.29, 1.82) is 0 Å². The molecule has 0 amide bonds. The average molecular weight is 401 g/mol. The number of hydrogen-bond acceptors (Lipinski definition) is 6. The van der Waals surface area contributed by atoms with Crippen molar-refractivity contribution in [3.05, 3.63) is 76.0 Å². The first-order chi connectivity index (χ1) is 13.5. The highest BCUT2D eigenvalue weighted by Gasteiger charge is 2.36. The minimum absolute atomic E-state index is 0.211. The Morgan fingerprint density at radius 3 is 2.04 bits per heavy atom. The van der Waals surface area contributed by atoms with E-state index in [0.29, 0.717) is 16.8 Å². The molecule has 0 aliphatic carbocycles. The summed E-state index contributed by atoms with van der Waals surface area (Å²) in [6, 6.07) is 9.49. The van der Waals surface area contributed by atoms with Crippen LogP contribution in [0.5, 0.6) is 0 Å².